The molecule has 1 saturated heterocycles. The Bertz CT molecular complexity index is 291. The van der Waals surface area contributed by atoms with Crippen molar-refractivity contribution in [3.8, 4) is 10.8 Å². The molecule has 70 valence electrons. The van der Waals surface area contributed by atoms with Gasteiger partial charge < -0.3 is 10.0 Å². The number of carboxylic acid groups (broad SMARTS) is 1. The summed E-state index contributed by atoms with van der Waals surface area (Å²) in [6.45, 7) is 0.182. The molecule has 4 nitrogen and oxygen atoms in total. The Morgan fingerprint density at radius 1 is 1.77 bits per heavy atom. The fraction of sp³-hybridized carbons (Fsp3) is 0.500. The molecule has 0 bridgehead atoms. The maximum Gasteiger partial charge on any atom is 0.326 e. The zero-order chi connectivity index (χ0) is 9.84. The first-order chi connectivity index (χ1) is 6.16. The lowest BCUT2D eigenvalue weighted by atomic mass is 10.2. The van der Waals surface area contributed by atoms with Gasteiger partial charge in [-0.25, -0.2) is 4.79 Å². The van der Waals surface area contributed by atoms with Crippen LogP contribution in [0.3, 0.4) is 0 Å². The molecule has 0 aromatic carbocycles. The first-order valence-electron chi connectivity index (χ1n) is 3.77. The smallest absolute Gasteiger partial charge is 0.326 e. The van der Waals surface area contributed by atoms with E-state index in [1.54, 1.807) is 0 Å². The highest BCUT2D eigenvalue weighted by Gasteiger charge is 2.35. The van der Waals surface area contributed by atoms with Gasteiger partial charge in [-0.05, 0) is 11.3 Å². The number of likely N-dealkylation sites (tertiary alicyclic amines) is 1. The number of carbonyl (C=O) groups excluding carboxylic acids is 1. The molecule has 0 saturated carbocycles. The van der Waals surface area contributed by atoms with Gasteiger partial charge in [0.2, 0.25) is 5.91 Å². The van der Waals surface area contributed by atoms with E-state index >= 15 is 0 Å². The highest BCUT2D eigenvalue weighted by Crippen LogP contribution is 2.17. The Hall–Kier alpha value is -1.02. The van der Waals surface area contributed by atoms with Crippen LogP contribution < -0.4 is 0 Å². The first kappa shape index (κ1) is 10.1. The maximum absolute atomic E-state index is 11.2. The molecule has 1 N–H and O–H groups in total. The molecule has 0 aromatic rings. The molecule has 1 amide bonds. The number of hydrogen-bond acceptors (Lipinski definition) is 2. The van der Waals surface area contributed by atoms with E-state index < -0.39 is 12.0 Å². The second-order valence-corrected chi connectivity index (χ2v) is 3.08. The van der Waals surface area contributed by atoms with Gasteiger partial charge in [-0.3, -0.25) is 4.79 Å². The Kier molecular flexibility index (Phi) is 3.32. The van der Waals surface area contributed by atoms with E-state index in [2.05, 4.69) is 26.7 Å². The van der Waals surface area contributed by atoms with Gasteiger partial charge in [0, 0.05) is 22.4 Å². The number of nitrogens with zero attached hydrogens (tertiary/aromatic N) is 1. The molecule has 0 radical (unpaired) electrons. The minimum Gasteiger partial charge on any atom is -0.480 e. The molecule has 1 heterocycles. The van der Waals surface area contributed by atoms with Crippen molar-refractivity contribution >= 4 is 27.8 Å². The van der Waals surface area contributed by atoms with Crippen LogP contribution in [-0.4, -0.2) is 34.5 Å². The average molecular weight is 246 g/mol. The lowest BCUT2D eigenvalue weighted by Gasteiger charge is -2.18. The van der Waals surface area contributed by atoms with E-state index in [-0.39, 0.29) is 12.5 Å². The zero-order valence-corrected chi connectivity index (χ0v) is 8.37. The summed E-state index contributed by atoms with van der Waals surface area (Å²) in [7, 11) is 0. The number of amides is 1. The third kappa shape index (κ3) is 2.22. The van der Waals surface area contributed by atoms with Crippen molar-refractivity contribution in [2.24, 2.45) is 0 Å². The van der Waals surface area contributed by atoms with Gasteiger partial charge in [0.1, 0.15) is 6.04 Å². The monoisotopic (exact) mass is 245 g/mol. The van der Waals surface area contributed by atoms with E-state index in [1.165, 1.54) is 4.90 Å². The summed E-state index contributed by atoms with van der Waals surface area (Å²) in [5.41, 5.74) is 0. The van der Waals surface area contributed by atoms with Gasteiger partial charge in [0.25, 0.3) is 0 Å². The fourth-order valence-electron chi connectivity index (χ4n) is 1.30. The number of rotatable bonds is 2. The molecule has 0 aromatic heterocycles. The summed E-state index contributed by atoms with van der Waals surface area (Å²) in [5, 5.41) is 8.75. The molecule has 1 aliphatic heterocycles. The highest BCUT2D eigenvalue weighted by atomic mass is 79.9. The molecule has 1 fully saturated rings. The van der Waals surface area contributed by atoms with Crippen LogP contribution in [0.4, 0.5) is 0 Å². The Labute approximate surface area is 84.0 Å². The van der Waals surface area contributed by atoms with Crippen LogP contribution in [0.15, 0.2) is 0 Å². The highest BCUT2D eigenvalue weighted by molar-refractivity contribution is 9.12. The van der Waals surface area contributed by atoms with Crippen molar-refractivity contribution in [3.05, 3.63) is 0 Å². The largest absolute Gasteiger partial charge is 0.480 e. The molecule has 5 heteroatoms. The van der Waals surface area contributed by atoms with Gasteiger partial charge >= 0.3 is 5.97 Å². The fourth-order valence-corrected chi connectivity index (χ4v) is 1.43. The van der Waals surface area contributed by atoms with Gasteiger partial charge in [-0.2, -0.15) is 0 Å². The summed E-state index contributed by atoms with van der Waals surface area (Å²) >= 11 is 2.89. The molecule has 13 heavy (non-hydrogen) atoms. The lowest BCUT2D eigenvalue weighted by molar-refractivity contribution is -0.145. The number of carbonyl (C=O) groups is 2. The number of aliphatic carboxylic acids is 1. The van der Waals surface area contributed by atoms with Crippen molar-refractivity contribution in [3.63, 3.8) is 0 Å². The van der Waals surface area contributed by atoms with Gasteiger partial charge in [-0.15, -0.1) is 0 Å². The minimum absolute atomic E-state index is 0.136. The summed E-state index contributed by atoms with van der Waals surface area (Å²) in [6.07, 6.45) is 0.694. The van der Waals surface area contributed by atoms with Gasteiger partial charge in [-0.1, -0.05) is 5.92 Å². The summed E-state index contributed by atoms with van der Waals surface area (Å²) in [4.78, 5) is 25.6. The van der Waals surface area contributed by atoms with Crippen LogP contribution in [-0.2, 0) is 9.59 Å². The Morgan fingerprint density at radius 2 is 2.46 bits per heavy atom. The summed E-state index contributed by atoms with van der Waals surface area (Å²) in [6, 6.07) is -0.694. The molecule has 0 spiro atoms. The molecular weight excluding hydrogens is 238 g/mol. The first-order valence-corrected chi connectivity index (χ1v) is 4.57. The van der Waals surface area contributed by atoms with E-state index in [0.717, 1.165) is 0 Å². The topological polar surface area (TPSA) is 57.6 Å². The average Bonchev–Trinajstić information content (AvgIpc) is 2.43. The molecule has 1 unspecified atom stereocenters. The second-order valence-electron chi connectivity index (χ2n) is 2.69. The maximum atomic E-state index is 11.2. The lowest BCUT2D eigenvalue weighted by Crippen LogP contribution is -2.38. The predicted octanol–water partition coefficient (Wildman–Crippen LogP) is 0.418. The van der Waals surface area contributed by atoms with Crippen LogP contribution in [0.5, 0.6) is 0 Å². The summed E-state index contributed by atoms with van der Waals surface area (Å²) in [5.74, 6) is 1.52. The quantitative estimate of drug-likeness (QED) is 0.718. The van der Waals surface area contributed by atoms with Gasteiger partial charge in [0.05, 0.1) is 6.54 Å². The van der Waals surface area contributed by atoms with Crippen LogP contribution in [0.25, 0.3) is 0 Å². The van der Waals surface area contributed by atoms with E-state index in [1.807, 2.05) is 0 Å². The molecule has 1 aliphatic rings. The van der Waals surface area contributed by atoms with Gasteiger partial charge in [0.15, 0.2) is 0 Å². The van der Waals surface area contributed by atoms with Crippen LogP contribution in [0, 0.1) is 10.8 Å². The van der Waals surface area contributed by atoms with E-state index in [4.69, 9.17) is 5.11 Å². The number of carboxylic acids is 1. The SMILES string of the molecule is O=C(O)C1CCC(=O)N1CC#CBr. The van der Waals surface area contributed by atoms with Crippen molar-refractivity contribution in [2.45, 2.75) is 18.9 Å². The Morgan fingerprint density at radius 3 is 3.00 bits per heavy atom. The van der Waals surface area contributed by atoms with Crippen LogP contribution in [0.1, 0.15) is 12.8 Å². The van der Waals surface area contributed by atoms with Crippen molar-refractivity contribution < 1.29 is 14.7 Å². The molecule has 1 atom stereocenters. The molecular formula is C8H8BrNO3. The third-order valence-corrected chi connectivity index (χ3v) is 2.21. The second kappa shape index (κ2) is 4.28. The molecule has 1 rings (SSSR count). The molecule has 0 aliphatic carbocycles. The zero-order valence-electron chi connectivity index (χ0n) is 6.79. The van der Waals surface area contributed by atoms with Crippen molar-refractivity contribution in [1.29, 1.82) is 0 Å². The third-order valence-electron chi connectivity index (χ3n) is 1.93. The van der Waals surface area contributed by atoms with Crippen molar-refractivity contribution in [2.75, 3.05) is 6.54 Å². The number of halogens is 1. The standard InChI is InChI=1S/C8H8BrNO3/c9-4-1-5-10-6(8(12)13)2-3-7(10)11/h6H,2-3,5H2,(H,12,13). The summed E-state index contributed by atoms with van der Waals surface area (Å²) < 4.78 is 0. The van der Waals surface area contributed by atoms with E-state index in [0.29, 0.717) is 12.8 Å². The van der Waals surface area contributed by atoms with Crippen molar-refractivity contribution in [1.82, 2.24) is 4.90 Å². The number of hydrogen-bond donors (Lipinski definition) is 1. The van der Waals surface area contributed by atoms with Crippen LogP contribution >= 0.6 is 15.9 Å². The predicted molar refractivity (Wildman–Crippen MR) is 49.1 cm³/mol. The normalized spacial score (nSPS) is 21.2. The minimum atomic E-state index is -0.956. The Balaban J connectivity index is 2.69. The van der Waals surface area contributed by atoms with E-state index in [9.17, 15) is 9.59 Å². The van der Waals surface area contributed by atoms with Crippen LogP contribution in [0.2, 0.25) is 0 Å².